The number of methoxy groups -OCH3 is 1. The summed E-state index contributed by atoms with van der Waals surface area (Å²) in [7, 11) is 1.62. The van der Waals surface area contributed by atoms with Gasteiger partial charge in [-0.05, 0) is 36.4 Å². The molecule has 0 bridgehead atoms. The maximum absolute atomic E-state index is 5.62. The van der Waals surface area contributed by atoms with Gasteiger partial charge < -0.3 is 13.9 Å². The molecule has 0 saturated carbocycles. The standard InChI is InChI=1S/C16H13BrN2O3/c1-20-13-6-2-4-11(8-13)16-19-18-15(22-16)10-21-14-7-3-5-12(17)9-14/h2-9H,10H2,1H3. The van der Waals surface area contributed by atoms with Gasteiger partial charge in [-0.3, -0.25) is 0 Å². The van der Waals surface area contributed by atoms with Gasteiger partial charge in [0.15, 0.2) is 6.61 Å². The van der Waals surface area contributed by atoms with Crippen molar-refractivity contribution in [3.63, 3.8) is 0 Å². The van der Waals surface area contributed by atoms with Crippen molar-refractivity contribution in [3.8, 4) is 23.0 Å². The van der Waals surface area contributed by atoms with Crippen LogP contribution in [0.2, 0.25) is 0 Å². The van der Waals surface area contributed by atoms with Gasteiger partial charge in [0, 0.05) is 10.0 Å². The summed E-state index contributed by atoms with van der Waals surface area (Å²) in [6, 6.07) is 15.0. The van der Waals surface area contributed by atoms with Crippen LogP contribution < -0.4 is 9.47 Å². The van der Waals surface area contributed by atoms with E-state index in [2.05, 4.69) is 26.1 Å². The Balaban J connectivity index is 1.71. The molecule has 3 aromatic rings. The molecule has 1 heterocycles. The van der Waals surface area contributed by atoms with E-state index < -0.39 is 0 Å². The van der Waals surface area contributed by atoms with Crippen LogP contribution in [0.15, 0.2) is 57.4 Å². The average molecular weight is 361 g/mol. The maximum Gasteiger partial charge on any atom is 0.254 e. The van der Waals surface area contributed by atoms with E-state index >= 15 is 0 Å². The van der Waals surface area contributed by atoms with Gasteiger partial charge >= 0.3 is 0 Å². The van der Waals surface area contributed by atoms with Crippen molar-refractivity contribution in [1.82, 2.24) is 10.2 Å². The fraction of sp³-hybridized carbons (Fsp3) is 0.125. The van der Waals surface area contributed by atoms with Crippen LogP contribution in [-0.4, -0.2) is 17.3 Å². The van der Waals surface area contributed by atoms with E-state index in [0.29, 0.717) is 11.8 Å². The topological polar surface area (TPSA) is 57.4 Å². The Kier molecular flexibility index (Phi) is 4.39. The molecular formula is C16H13BrN2O3. The summed E-state index contributed by atoms with van der Waals surface area (Å²) in [5.41, 5.74) is 0.806. The molecule has 0 spiro atoms. The molecule has 0 fully saturated rings. The molecule has 0 N–H and O–H groups in total. The Hall–Kier alpha value is -2.34. The Morgan fingerprint density at radius 1 is 1.05 bits per heavy atom. The first-order valence-corrected chi connectivity index (χ1v) is 7.39. The lowest BCUT2D eigenvalue weighted by Crippen LogP contribution is -1.95. The Bertz CT molecular complexity index is 773. The maximum atomic E-state index is 5.62. The molecule has 0 saturated heterocycles. The van der Waals surface area contributed by atoms with Crippen LogP contribution in [0.5, 0.6) is 11.5 Å². The number of halogens is 1. The van der Waals surface area contributed by atoms with Crippen molar-refractivity contribution in [2.24, 2.45) is 0 Å². The molecule has 2 aromatic carbocycles. The van der Waals surface area contributed by atoms with Crippen molar-refractivity contribution >= 4 is 15.9 Å². The van der Waals surface area contributed by atoms with Crippen LogP contribution in [0.1, 0.15) is 5.89 Å². The molecule has 5 nitrogen and oxygen atoms in total. The van der Waals surface area contributed by atoms with E-state index in [9.17, 15) is 0 Å². The van der Waals surface area contributed by atoms with Crippen molar-refractivity contribution in [1.29, 1.82) is 0 Å². The lowest BCUT2D eigenvalue weighted by Gasteiger charge is -2.03. The summed E-state index contributed by atoms with van der Waals surface area (Å²) in [5.74, 6) is 2.32. The van der Waals surface area contributed by atoms with Crippen LogP contribution in [0.3, 0.4) is 0 Å². The van der Waals surface area contributed by atoms with Crippen molar-refractivity contribution in [2.75, 3.05) is 7.11 Å². The van der Waals surface area contributed by atoms with Crippen LogP contribution >= 0.6 is 15.9 Å². The van der Waals surface area contributed by atoms with Gasteiger partial charge in [-0.2, -0.15) is 0 Å². The smallest absolute Gasteiger partial charge is 0.254 e. The lowest BCUT2D eigenvalue weighted by molar-refractivity contribution is 0.264. The SMILES string of the molecule is COc1cccc(-c2nnc(COc3cccc(Br)c3)o2)c1. The molecule has 0 aliphatic heterocycles. The summed E-state index contributed by atoms with van der Waals surface area (Å²) in [4.78, 5) is 0. The fourth-order valence-electron chi connectivity index (χ4n) is 1.89. The van der Waals surface area contributed by atoms with Gasteiger partial charge in [0.1, 0.15) is 11.5 Å². The zero-order chi connectivity index (χ0) is 15.4. The Labute approximate surface area is 136 Å². The quantitative estimate of drug-likeness (QED) is 0.685. The van der Waals surface area contributed by atoms with E-state index in [-0.39, 0.29) is 6.61 Å². The number of hydrogen-bond acceptors (Lipinski definition) is 5. The second-order valence-corrected chi connectivity index (χ2v) is 5.39. The van der Waals surface area contributed by atoms with Crippen LogP contribution in [-0.2, 0) is 6.61 Å². The largest absolute Gasteiger partial charge is 0.497 e. The summed E-state index contributed by atoms with van der Waals surface area (Å²) >= 11 is 3.39. The predicted octanol–water partition coefficient (Wildman–Crippen LogP) is 4.09. The molecule has 0 aliphatic carbocycles. The molecule has 0 unspecified atom stereocenters. The number of nitrogens with zero attached hydrogens (tertiary/aromatic N) is 2. The minimum absolute atomic E-state index is 0.216. The zero-order valence-corrected chi connectivity index (χ0v) is 13.4. The third kappa shape index (κ3) is 3.46. The molecular weight excluding hydrogens is 348 g/mol. The first-order chi connectivity index (χ1) is 10.7. The molecule has 0 aliphatic rings. The van der Waals surface area contributed by atoms with E-state index in [4.69, 9.17) is 13.9 Å². The average Bonchev–Trinajstić information content (AvgIpc) is 3.02. The first kappa shape index (κ1) is 14.6. The number of rotatable bonds is 5. The zero-order valence-electron chi connectivity index (χ0n) is 11.8. The second kappa shape index (κ2) is 6.62. The molecule has 112 valence electrons. The van der Waals surface area contributed by atoms with E-state index in [1.54, 1.807) is 7.11 Å². The van der Waals surface area contributed by atoms with Gasteiger partial charge in [-0.15, -0.1) is 10.2 Å². The molecule has 3 rings (SSSR count). The van der Waals surface area contributed by atoms with Crippen LogP contribution in [0, 0.1) is 0 Å². The predicted molar refractivity (Wildman–Crippen MR) is 84.8 cm³/mol. The monoisotopic (exact) mass is 360 g/mol. The molecule has 22 heavy (non-hydrogen) atoms. The summed E-state index contributed by atoms with van der Waals surface area (Å²) in [6.45, 7) is 0.216. The minimum atomic E-state index is 0.216. The minimum Gasteiger partial charge on any atom is -0.497 e. The first-order valence-electron chi connectivity index (χ1n) is 6.60. The summed E-state index contributed by atoms with van der Waals surface area (Å²) < 4.78 is 17.4. The highest BCUT2D eigenvalue weighted by molar-refractivity contribution is 9.10. The Morgan fingerprint density at radius 3 is 2.68 bits per heavy atom. The number of hydrogen-bond donors (Lipinski definition) is 0. The summed E-state index contributed by atoms with van der Waals surface area (Å²) in [5, 5.41) is 8.02. The van der Waals surface area contributed by atoms with E-state index in [0.717, 1.165) is 21.5 Å². The molecule has 0 radical (unpaired) electrons. The van der Waals surface area contributed by atoms with Gasteiger partial charge in [-0.1, -0.05) is 28.1 Å². The highest BCUT2D eigenvalue weighted by Gasteiger charge is 2.10. The van der Waals surface area contributed by atoms with Crippen LogP contribution in [0.25, 0.3) is 11.5 Å². The van der Waals surface area contributed by atoms with Gasteiger partial charge in [0.2, 0.25) is 5.89 Å². The highest BCUT2D eigenvalue weighted by Crippen LogP contribution is 2.23. The molecule has 0 amide bonds. The van der Waals surface area contributed by atoms with Crippen molar-refractivity contribution in [3.05, 3.63) is 58.9 Å². The third-order valence-electron chi connectivity index (χ3n) is 2.94. The highest BCUT2D eigenvalue weighted by atomic mass is 79.9. The molecule has 0 atom stereocenters. The lowest BCUT2D eigenvalue weighted by atomic mass is 10.2. The second-order valence-electron chi connectivity index (χ2n) is 4.48. The van der Waals surface area contributed by atoms with Gasteiger partial charge in [0.25, 0.3) is 5.89 Å². The molecule has 1 aromatic heterocycles. The van der Waals surface area contributed by atoms with E-state index in [1.807, 2.05) is 48.5 Å². The Morgan fingerprint density at radius 2 is 1.86 bits per heavy atom. The van der Waals surface area contributed by atoms with Crippen molar-refractivity contribution in [2.45, 2.75) is 6.61 Å². The number of benzene rings is 2. The normalized spacial score (nSPS) is 10.5. The van der Waals surface area contributed by atoms with Crippen molar-refractivity contribution < 1.29 is 13.9 Å². The van der Waals surface area contributed by atoms with Crippen LogP contribution in [0.4, 0.5) is 0 Å². The number of aromatic nitrogens is 2. The van der Waals surface area contributed by atoms with Gasteiger partial charge in [0.05, 0.1) is 7.11 Å². The fourth-order valence-corrected chi connectivity index (χ4v) is 2.26. The third-order valence-corrected chi connectivity index (χ3v) is 3.44. The van der Waals surface area contributed by atoms with E-state index in [1.165, 1.54) is 0 Å². The van der Waals surface area contributed by atoms with Gasteiger partial charge in [-0.25, -0.2) is 0 Å². The summed E-state index contributed by atoms with van der Waals surface area (Å²) in [6.07, 6.45) is 0. The molecule has 6 heteroatoms. The number of ether oxygens (including phenoxy) is 2.